The monoisotopic (exact) mass is 422 g/mol. The lowest BCUT2D eigenvalue weighted by Crippen LogP contribution is -2.24. The number of carboxylic acid groups (broad SMARTS) is 1. The number of carbonyl (C=O) groups is 2. The molecular weight excluding hydrogens is 395 g/mol. The number of hydrogen-bond donors (Lipinski definition) is 1. The molecule has 0 saturated heterocycles. The lowest BCUT2D eigenvalue weighted by Gasteiger charge is -2.26. The van der Waals surface area contributed by atoms with E-state index < -0.39 is 11.8 Å². The van der Waals surface area contributed by atoms with Gasteiger partial charge in [-0.2, -0.15) is 0 Å². The normalized spacial score (nSPS) is 15.9. The molecule has 162 valence electrons. The number of rotatable bonds is 7. The van der Waals surface area contributed by atoms with E-state index in [-0.39, 0.29) is 11.4 Å². The van der Waals surface area contributed by atoms with E-state index in [1.54, 1.807) is 44.2 Å². The Morgan fingerprint density at radius 2 is 2.00 bits per heavy atom. The second-order valence-corrected chi connectivity index (χ2v) is 7.15. The maximum Gasteiger partial charge on any atom is 0.335 e. The van der Waals surface area contributed by atoms with Gasteiger partial charge in [0.05, 0.1) is 5.57 Å². The average molecular weight is 423 g/mol. The van der Waals surface area contributed by atoms with Gasteiger partial charge in [-0.3, -0.25) is 4.79 Å². The summed E-state index contributed by atoms with van der Waals surface area (Å²) in [4.78, 5) is 29.1. The molecule has 0 amide bonds. The number of nitrogens with zero attached hydrogens (tertiary/aromatic N) is 2. The van der Waals surface area contributed by atoms with Crippen molar-refractivity contribution >= 4 is 29.1 Å². The molecule has 1 N–H and O–H groups in total. The molecule has 31 heavy (non-hydrogen) atoms. The van der Waals surface area contributed by atoms with Crippen molar-refractivity contribution in [3.8, 4) is 0 Å². The fourth-order valence-electron chi connectivity index (χ4n) is 3.10. The van der Waals surface area contributed by atoms with Crippen LogP contribution in [0.3, 0.4) is 0 Å². The molecule has 0 atom stereocenters. The van der Waals surface area contributed by atoms with Gasteiger partial charge in [0.2, 0.25) is 0 Å². The molecule has 0 unspecified atom stereocenters. The smallest absolute Gasteiger partial charge is 0.335 e. The summed E-state index contributed by atoms with van der Waals surface area (Å²) >= 11 is 0. The Balaban J connectivity index is 2.49. The summed E-state index contributed by atoms with van der Waals surface area (Å²) in [6, 6.07) is 3.38. The molecular formula is C25H27FN2O3. The zero-order valence-electron chi connectivity index (χ0n) is 18.5. The zero-order chi connectivity index (χ0) is 23.3. The first-order valence-corrected chi connectivity index (χ1v) is 9.92. The highest BCUT2D eigenvalue weighted by Crippen LogP contribution is 2.29. The van der Waals surface area contributed by atoms with Crippen molar-refractivity contribution in [3.63, 3.8) is 0 Å². The van der Waals surface area contributed by atoms with Gasteiger partial charge in [0.25, 0.3) is 0 Å². The molecule has 0 bridgehead atoms. The predicted molar refractivity (Wildman–Crippen MR) is 123 cm³/mol. The highest BCUT2D eigenvalue weighted by molar-refractivity contribution is 6.44. The largest absolute Gasteiger partial charge is 0.478 e. The fourth-order valence-corrected chi connectivity index (χ4v) is 3.10. The molecule has 1 aromatic carbocycles. The van der Waals surface area contributed by atoms with Crippen molar-refractivity contribution in [2.45, 2.75) is 34.1 Å². The summed E-state index contributed by atoms with van der Waals surface area (Å²) in [6.07, 6.45) is 8.91. The van der Waals surface area contributed by atoms with Gasteiger partial charge in [-0.1, -0.05) is 37.8 Å². The molecule has 6 heteroatoms. The number of carboxylic acids is 1. The van der Waals surface area contributed by atoms with Gasteiger partial charge in [0.15, 0.2) is 5.78 Å². The average Bonchev–Trinajstić information content (AvgIpc) is 2.73. The topological polar surface area (TPSA) is 70.0 Å². The zero-order valence-corrected chi connectivity index (χ0v) is 18.5. The first-order valence-electron chi connectivity index (χ1n) is 9.92. The summed E-state index contributed by atoms with van der Waals surface area (Å²) in [6.45, 7) is 10.3. The molecule has 0 aromatic heterocycles. The van der Waals surface area contributed by atoms with Crippen molar-refractivity contribution in [2.24, 2.45) is 4.99 Å². The number of allylic oxidation sites excluding steroid dienone is 5. The lowest BCUT2D eigenvalue weighted by atomic mass is 9.97. The third kappa shape index (κ3) is 5.34. The minimum absolute atomic E-state index is 0.0815. The van der Waals surface area contributed by atoms with Crippen LogP contribution in [-0.2, 0) is 9.59 Å². The molecule has 0 fully saturated rings. The minimum atomic E-state index is -1.13. The van der Waals surface area contributed by atoms with E-state index in [1.807, 2.05) is 18.9 Å². The van der Waals surface area contributed by atoms with E-state index in [0.29, 0.717) is 33.8 Å². The van der Waals surface area contributed by atoms with Crippen LogP contribution in [0, 0.1) is 12.7 Å². The quantitative estimate of drug-likeness (QED) is 0.478. The Kier molecular flexibility index (Phi) is 7.64. The first kappa shape index (κ1) is 23.7. The van der Waals surface area contributed by atoms with Crippen LogP contribution in [0.2, 0.25) is 0 Å². The van der Waals surface area contributed by atoms with Crippen LogP contribution >= 0.6 is 0 Å². The summed E-state index contributed by atoms with van der Waals surface area (Å²) in [5.41, 5.74) is 3.20. The SMILES string of the molecule is C=C(/C=C\c1ccc(C(=C/C)/C=C2/N=C(C(C)=O)C=C(CC)N2C)c(F)c1C)C(=O)O. The molecule has 1 aliphatic heterocycles. The number of benzene rings is 1. The van der Waals surface area contributed by atoms with Crippen LogP contribution in [0.1, 0.15) is 43.9 Å². The van der Waals surface area contributed by atoms with Crippen molar-refractivity contribution < 1.29 is 19.1 Å². The van der Waals surface area contributed by atoms with Crippen molar-refractivity contribution in [3.05, 3.63) is 82.6 Å². The Labute approximate surface area is 182 Å². The van der Waals surface area contributed by atoms with Gasteiger partial charge in [0, 0.05) is 25.2 Å². The number of hydrogen-bond acceptors (Lipinski definition) is 4. The van der Waals surface area contributed by atoms with Gasteiger partial charge in [-0.05, 0) is 55.2 Å². The lowest BCUT2D eigenvalue weighted by molar-refractivity contribution is -0.132. The molecule has 0 radical (unpaired) electrons. The second kappa shape index (κ2) is 9.98. The second-order valence-electron chi connectivity index (χ2n) is 7.15. The third-order valence-electron chi connectivity index (χ3n) is 5.11. The van der Waals surface area contributed by atoms with E-state index in [0.717, 1.165) is 12.1 Å². The van der Waals surface area contributed by atoms with E-state index in [1.165, 1.54) is 19.1 Å². The van der Waals surface area contributed by atoms with Gasteiger partial charge >= 0.3 is 5.97 Å². The fraction of sp³-hybridized carbons (Fsp3) is 0.240. The number of Topliss-reactive ketones (excluding diaryl/α,β-unsaturated/α-hetero) is 1. The third-order valence-corrected chi connectivity index (χ3v) is 5.11. The number of aliphatic carboxylic acids is 1. The van der Waals surface area contributed by atoms with Crippen LogP contribution in [0.4, 0.5) is 4.39 Å². The maximum atomic E-state index is 15.2. The van der Waals surface area contributed by atoms with Crippen LogP contribution in [0.15, 0.2) is 65.1 Å². The van der Waals surface area contributed by atoms with E-state index in [9.17, 15) is 9.59 Å². The summed E-state index contributed by atoms with van der Waals surface area (Å²) in [5, 5.41) is 8.92. The van der Waals surface area contributed by atoms with Crippen LogP contribution in [-0.4, -0.2) is 34.5 Å². The van der Waals surface area contributed by atoms with Crippen molar-refractivity contribution in [1.29, 1.82) is 0 Å². The van der Waals surface area contributed by atoms with Crippen LogP contribution < -0.4 is 0 Å². The van der Waals surface area contributed by atoms with E-state index in [4.69, 9.17) is 5.11 Å². The number of halogens is 1. The van der Waals surface area contributed by atoms with Gasteiger partial charge in [-0.15, -0.1) is 0 Å². The summed E-state index contributed by atoms with van der Waals surface area (Å²) < 4.78 is 15.2. The Morgan fingerprint density at radius 3 is 2.55 bits per heavy atom. The van der Waals surface area contributed by atoms with Crippen molar-refractivity contribution in [2.75, 3.05) is 7.05 Å². The Morgan fingerprint density at radius 1 is 1.32 bits per heavy atom. The first-order chi connectivity index (χ1) is 14.6. The highest BCUT2D eigenvalue weighted by atomic mass is 19.1. The van der Waals surface area contributed by atoms with Gasteiger partial charge < -0.3 is 10.0 Å². The Bertz CT molecular complexity index is 1090. The number of ketones is 1. The standard InChI is InChI=1S/C25H27FN2O3/c1-7-18(13-23-27-22(17(5)29)14-20(8-2)28(23)6)21-12-11-19(16(4)24(21)26)10-9-15(3)25(30)31/h7,9-14H,3,8H2,1-2,4-6H3,(H,30,31)/b10-9-,18-7+,23-13-. The summed E-state index contributed by atoms with van der Waals surface area (Å²) in [7, 11) is 1.86. The molecule has 1 aromatic rings. The molecule has 0 aliphatic carbocycles. The molecule has 1 heterocycles. The van der Waals surface area contributed by atoms with E-state index >= 15 is 4.39 Å². The molecule has 1 aliphatic rings. The van der Waals surface area contributed by atoms with Crippen LogP contribution in [0.5, 0.6) is 0 Å². The minimum Gasteiger partial charge on any atom is -0.478 e. The van der Waals surface area contributed by atoms with Gasteiger partial charge in [0.1, 0.15) is 17.3 Å². The maximum absolute atomic E-state index is 15.2. The summed E-state index contributed by atoms with van der Waals surface area (Å²) in [5.74, 6) is -1.12. The molecule has 2 rings (SSSR count). The number of aliphatic imine (C=N–C) groups is 1. The predicted octanol–water partition coefficient (Wildman–Crippen LogP) is 5.30. The molecule has 0 saturated carbocycles. The number of carbonyl (C=O) groups excluding carboxylic acids is 1. The molecule has 5 nitrogen and oxygen atoms in total. The van der Waals surface area contributed by atoms with Crippen molar-refractivity contribution in [1.82, 2.24) is 4.90 Å². The highest BCUT2D eigenvalue weighted by Gasteiger charge is 2.19. The van der Waals surface area contributed by atoms with E-state index in [2.05, 4.69) is 11.6 Å². The molecule has 0 spiro atoms. The van der Waals surface area contributed by atoms with Gasteiger partial charge in [-0.25, -0.2) is 14.2 Å². The Hall–Kier alpha value is -3.54. The van der Waals surface area contributed by atoms with Crippen LogP contribution in [0.25, 0.3) is 11.6 Å².